The molecule has 0 aliphatic carbocycles. The van der Waals surface area contributed by atoms with Crippen molar-refractivity contribution in [1.82, 2.24) is 15.1 Å². The van der Waals surface area contributed by atoms with E-state index in [0.717, 1.165) is 0 Å². The summed E-state index contributed by atoms with van der Waals surface area (Å²) in [6.07, 6.45) is 1.48. The van der Waals surface area contributed by atoms with Crippen LogP contribution in [0.4, 0.5) is 4.39 Å². The molecule has 7 nitrogen and oxygen atoms in total. The second-order valence-electron chi connectivity index (χ2n) is 5.86. The van der Waals surface area contributed by atoms with Gasteiger partial charge in [-0.05, 0) is 24.3 Å². The molecule has 1 unspecified atom stereocenters. The third-order valence-corrected chi connectivity index (χ3v) is 3.74. The Kier molecular flexibility index (Phi) is 5.20. The topological polar surface area (TPSA) is 84.8 Å². The Morgan fingerprint density at radius 1 is 1.40 bits per heavy atom. The molecule has 0 saturated carbocycles. The van der Waals surface area contributed by atoms with E-state index in [1.165, 1.54) is 29.3 Å². The fourth-order valence-corrected chi connectivity index (χ4v) is 2.53. The number of aliphatic hydroxyl groups is 1. The quantitative estimate of drug-likeness (QED) is 0.885. The Balaban J connectivity index is 1.69. The molecule has 1 fully saturated rings. The number of carbonyl (C=O) groups is 1. The largest absolute Gasteiger partial charge is 0.490 e. The molecular weight excluding hydrogens is 329 g/mol. The predicted molar refractivity (Wildman–Crippen MR) is 85.6 cm³/mol. The zero-order valence-corrected chi connectivity index (χ0v) is 13.5. The molecule has 3 rings (SSSR count). The average molecular weight is 347 g/mol. The van der Waals surface area contributed by atoms with Crippen molar-refractivity contribution in [2.45, 2.75) is 5.60 Å². The first-order valence-electron chi connectivity index (χ1n) is 7.81. The van der Waals surface area contributed by atoms with Crippen LogP contribution in [0.5, 0.6) is 5.75 Å². The molecule has 1 aliphatic heterocycles. The first kappa shape index (κ1) is 17.2. The van der Waals surface area contributed by atoms with E-state index < -0.39 is 11.4 Å². The highest BCUT2D eigenvalue weighted by Crippen LogP contribution is 2.18. The number of rotatable bonds is 4. The van der Waals surface area contributed by atoms with E-state index in [-0.39, 0.29) is 38.0 Å². The number of nitrogens with zero attached hydrogens (tertiary/aromatic N) is 3. The van der Waals surface area contributed by atoms with Crippen LogP contribution in [0.3, 0.4) is 0 Å². The molecule has 1 amide bonds. The number of aromatic nitrogens is 2. The van der Waals surface area contributed by atoms with E-state index in [2.05, 4.69) is 10.2 Å². The summed E-state index contributed by atoms with van der Waals surface area (Å²) in [5, 5.41) is 18.3. The summed E-state index contributed by atoms with van der Waals surface area (Å²) in [7, 11) is 0. The Bertz CT molecular complexity index is 731. The first-order valence-corrected chi connectivity index (χ1v) is 7.81. The molecule has 8 heteroatoms. The SMILES string of the molecule is O=C(c1cccnn1)N1CCOCC(O)(COc2cccc(F)c2)C1. The average Bonchev–Trinajstić information content (AvgIpc) is 2.83. The van der Waals surface area contributed by atoms with Gasteiger partial charge in [-0.15, -0.1) is 5.10 Å². The minimum Gasteiger partial charge on any atom is -0.490 e. The smallest absolute Gasteiger partial charge is 0.274 e. The van der Waals surface area contributed by atoms with Crippen LogP contribution in [0.2, 0.25) is 0 Å². The van der Waals surface area contributed by atoms with Gasteiger partial charge < -0.3 is 19.5 Å². The lowest BCUT2D eigenvalue weighted by atomic mass is 10.1. The zero-order chi connectivity index (χ0) is 17.7. The van der Waals surface area contributed by atoms with Crippen LogP contribution in [-0.4, -0.2) is 64.6 Å². The van der Waals surface area contributed by atoms with Crippen molar-refractivity contribution in [1.29, 1.82) is 0 Å². The standard InChI is InChI=1S/C17H18FN3O4/c18-13-3-1-4-14(9-13)25-12-17(23)10-21(7-8-24-11-17)16(22)15-5-2-6-19-20-15/h1-6,9,23H,7-8,10-12H2. The lowest BCUT2D eigenvalue weighted by Crippen LogP contribution is -2.50. The van der Waals surface area contributed by atoms with Crippen molar-refractivity contribution in [2.75, 3.05) is 32.9 Å². The van der Waals surface area contributed by atoms with Gasteiger partial charge in [0.15, 0.2) is 5.69 Å². The minimum absolute atomic E-state index is 0.00651. The number of halogens is 1. The lowest BCUT2D eigenvalue weighted by Gasteiger charge is -2.30. The molecule has 132 valence electrons. The van der Waals surface area contributed by atoms with E-state index in [1.807, 2.05) is 0 Å². The van der Waals surface area contributed by atoms with Crippen molar-refractivity contribution in [3.05, 3.63) is 54.1 Å². The maximum absolute atomic E-state index is 13.2. The number of ether oxygens (including phenoxy) is 2. The molecule has 1 saturated heterocycles. The molecule has 1 aromatic carbocycles. The van der Waals surface area contributed by atoms with Gasteiger partial charge in [0.1, 0.15) is 23.8 Å². The van der Waals surface area contributed by atoms with Crippen molar-refractivity contribution in [3.8, 4) is 5.75 Å². The second kappa shape index (κ2) is 7.54. The zero-order valence-electron chi connectivity index (χ0n) is 13.5. The van der Waals surface area contributed by atoms with Gasteiger partial charge >= 0.3 is 0 Å². The summed E-state index contributed by atoms with van der Waals surface area (Å²) in [4.78, 5) is 14.0. The Morgan fingerprint density at radius 3 is 3.04 bits per heavy atom. The molecule has 1 atom stereocenters. The van der Waals surface area contributed by atoms with Crippen LogP contribution in [0.15, 0.2) is 42.6 Å². The van der Waals surface area contributed by atoms with E-state index in [0.29, 0.717) is 12.3 Å². The van der Waals surface area contributed by atoms with Crippen LogP contribution < -0.4 is 4.74 Å². The van der Waals surface area contributed by atoms with Gasteiger partial charge in [0.25, 0.3) is 5.91 Å². The van der Waals surface area contributed by atoms with E-state index >= 15 is 0 Å². The summed E-state index contributed by atoms with van der Waals surface area (Å²) in [6, 6.07) is 8.81. The van der Waals surface area contributed by atoms with Gasteiger partial charge in [-0.2, -0.15) is 5.10 Å². The van der Waals surface area contributed by atoms with E-state index in [1.54, 1.807) is 18.2 Å². The number of carbonyl (C=O) groups excluding carboxylic acids is 1. The van der Waals surface area contributed by atoms with E-state index in [9.17, 15) is 14.3 Å². The summed E-state index contributed by atoms with van der Waals surface area (Å²) in [5.74, 6) is -0.478. The molecule has 2 heterocycles. The number of hydrogen-bond donors (Lipinski definition) is 1. The molecule has 25 heavy (non-hydrogen) atoms. The fraction of sp³-hybridized carbons (Fsp3) is 0.353. The van der Waals surface area contributed by atoms with Gasteiger partial charge in [0.05, 0.1) is 19.8 Å². The molecular formula is C17H18FN3O4. The Hall–Kier alpha value is -2.58. The van der Waals surface area contributed by atoms with Crippen molar-refractivity contribution in [2.24, 2.45) is 0 Å². The molecule has 0 spiro atoms. The first-order chi connectivity index (χ1) is 12.1. The molecule has 0 radical (unpaired) electrons. The fourth-order valence-electron chi connectivity index (χ4n) is 2.53. The maximum Gasteiger partial charge on any atom is 0.274 e. The molecule has 0 bridgehead atoms. The number of benzene rings is 1. The number of amides is 1. The third kappa shape index (κ3) is 4.49. The highest BCUT2D eigenvalue weighted by molar-refractivity contribution is 5.92. The van der Waals surface area contributed by atoms with Gasteiger partial charge in [-0.3, -0.25) is 4.79 Å². The molecule has 2 aromatic rings. The van der Waals surface area contributed by atoms with Crippen LogP contribution in [0, 0.1) is 5.82 Å². The number of β-amino-alcohol motifs (C(OH)–C–C–N with tert-alkyl or cyclic N) is 1. The highest BCUT2D eigenvalue weighted by atomic mass is 19.1. The summed E-state index contributed by atoms with van der Waals surface area (Å²) in [5.41, 5.74) is -1.22. The van der Waals surface area contributed by atoms with E-state index in [4.69, 9.17) is 9.47 Å². The lowest BCUT2D eigenvalue weighted by molar-refractivity contribution is -0.0621. The minimum atomic E-state index is -1.42. The van der Waals surface area contributed by atoms with Crippen molar-refractivity contribution in [3.63, 3.8) is 0 Å². The number of hydrogen-bond acceptors (Lipinski definition) is 6. The molecule has 1 aliphatic rings. The van der Waals surface area contributed by atoms with Crippen LogP contribution in [0.25, 0.3) is 0 Å². The molecule has 1 aromatic heterocycles. The normalized spacial score (nSPS) is 20.8. The summed E-state index contributed by atoms with van der Waals surface area (Å²) < 4.78 is 24.1. The van der Waals surface area contributed by atoms with Crippen molar-refractivity contribution >= 4 is 5.91 Å². The maximum atomic E-state index is 13.2. The second-order valence-corrected chi connectivity index (χ2v) is 5.86. The monoisotopic (exact) mass is 347 g/mol. The van der Waals surface area contributed by atoms with Gasteiger partial charge in [0.2, 0.25) is 0 Å². The van der Waals surface area contributed by atoms with Crippen molar-refractivity contribution < 1.29 is 23.8 Å². The highest BCUT2D eigenvalue weighted by Gasteiger charge is 2.36. The summed E-state index contributed by atoms with van der Waals surface area (Å²) >= 11 is 0. The van der Waals surface area contributed by atoms with Crippen LogP contribution in [0.1, 0.15) is 10.5 Å². The Morgan fingerprint density at radius 2 is 2.28 bits per heavy atom. The van der Waals surface area contributed by atoms with Gasteiger partial charge in [-0.1, -0.05) is 6.07 Å². The predicted octanol–water partition coefficient (Wildman–Crippen LogP) is 0.898. The molecule has 1 N–H and O–H groups in total. The summed E-state index contributed by atoms with van der Waals surface area (Å²) in [6.45, 7) is 0.483. The van der Waals surface area contributed by atoms with Gasteiger partial charge in [-0.25, -0.2) is 4.39 Å². The van der Waals surface area contributed by atoms with Crippen LogP contribution >= 0.6 is 0 Å². The third-order valence-electron chi connectivity index (χ3n) is 3.74. The van der Waals surface area contributed by atoms with Gasteiger partial charge in [0, 0.05) is 18.8 Å². The Labute approximate surface area is 144 Å². The van der Waals surface area contributed by atoms with Crippen LogP contribution in [-0.2, 0) is 4.74 Å².